The Labute approximate surface area is 105 Å². The molecule has 0 saturated carbocycles. The van der Waals surface area contributed by atoms with Crippen LogP contribution in [0.5, 0.6) is 0 Å². The number of aliphatic hydroxyl groups excluding tert-OH is 1. The van der Waals surface area contributed by atoms with Crippen LogP contribution in [0.1, 0.15) is 20.3 Å². The van der Waals surface area contributed by atoms with E-state index in [4.69, 9.17) is 5.73 Å². The van der Waals surface area contributed by atoms with E-state index in [0.29, 0.717) is 18.2 Å². The van der Waals surface area contributed by atoms with Gasteiger partial charge in [-0.15, -0.1) is 0 Å². The third-order valence-electron chi connectivity index (χ3n) is 2.30. The number of hydrogen-bond donors (Lipinski definition) is 3. The lowest BCUT2D eigenvalue weighted by molar-refractivity contribution is -0.384. The van der Waals surface area contributed by atoms with E-state index in [9.17, 15) is 15.2 Å². The highest BCUT2D eigenvalue weighted by molar-refractivity contribution is 5.52. The lowest BCUT2D eigenvalue weighted by Gasteiger charge is -2.14. The van der Waals surface area contributed by atoms with Gasteiger partial charge >= 0.3 is 0 Å². The van der Waals surface area contributed by atoms with Gasteiger partial charge in [0.25, 0.3) is 5.69 Å². The Morgan fingerprint density at radius 3 is 2.78 bits per heavy atom. The molecule has 1 rings (SSSR count). The first-order chi connectivity index (χ1) is 8.38. The molecule has 1 aromatic rings. The largest absolute Gasteiger partial charge is 0.391 e. The molecule has 0 fully saturated rings. The van der Waals surface area contributed by atoms with Gasteiger partial charge in [0.15, 0.2) is 0 Å². The summed E-state index contributed by atoms with van der Waals surface area (Å²) in [6, 6.07) is 2.48. The number of nitrogens with zero attached hydrogens (tertiary/aromatic N) is 2. The Morgan fingerprint density at radius 2 is 2.22 bits per heavy atom. The summed E-state index contributed by atoms with van der Waals surface area (Å²) in [6.07, 6.45) is 0.129. The van der Waals surface area contributed by atoms with Crippen LogP contribution < -0.4 is 11.1 Å². The molecule has 0 spiro atoms. The van der Waals surface area contributed by atoms with Gasteiger partial charge in [-0.3, -0.25) is 10.1 Å². The normalized spacial score (nSPS) is 12.4. The predicted molar refractivity (Wildman–Crippen MR) is 69.3 cm³/mol. The number of rotatable bonds is 6. The van der Waals surface area contributed by atoms with Crippen molar-refractivity contribution in [2.75, 3.05) is 17.6 Å². The van der Waals surface area contributed by atoms with E-state index >= 15 is 0 Å². The molecule has 4 N–H and O–H groups in total. The fourth-order valence-corrected chi connectivity index (χ4v) is 1.58. The minimum atomic E-state index is -0.534. The number of anilines is 2. The van der Waals surface area contributed by atoms with Crippen molar-refractivity contribution >= 4 is 17.3 Å². The van der Waals surface area contributed by atoms with Crippen LogP contribution in [0.4, 0.5) is 17.3 Å². The number of aliphatic hydroxyl groups is 1. The number of aromatic nitrogens is 1. The molecule has 0 aliphatic carbocycles. The quantitative estimate of drug-likeness (QED) is 0.522. The Hall–Kier alpha value is -1.89. The second-order valence-electron chi connectivity index (χ2n) is 4.56. The molecule has 1 atom stereocenters. The molecule has 0 aliphatic rings. The lowest BCUT2D eigenvalue weighted by Crippen LogP contribution is -2.21. The number of nitrogens with two attached hydrogens (primary N) is 1. The van der Waals surface area contributed by atoms with Crippen LogP contribution in [0.2, 0.25) is 0 Å². The van der Waals surface area contributed by atoms with Crippen molar-refractivity contribution in [3.63, 3.8) is 0 Å². The molecule has 100 valence electrons. The first kappa shape index (κ1) is 14.2. The number of nitro groups is 1. The van der Waals surface area contributed by atoms with Gasteiger partial charge in [-0.25, -0.2) is 4.98 Å². The van der Waals surface area contributed by atoms with Crippen LogP contribution in [-0.4, -0.2) is 27.7 Å². The molecule has 0 aliphatic heterocycles. The van der Waals surface area contributed by atoms with Crippen LogP contribution in [0.15, 0.2) is 12.1 Å². The second kappa shape index (κ2) is 6.15. The minimum absolute atomic E-state index is 0.0741. The van der Waals surface area contributed by atoms with Gasteiger partial charge in [-0.05, 0) is 12.3 Å². The molecule has 0 aromatic carbocycles. The average molecular weight is 254 g/mol. The van der Waals surface area contributed by atoms with Crippen molar-refractivity contribution in [3.05, 3.63) is 22.2 Å². The highest BCUT2D eigenvalue weighted by atomic mass is 16.6. The minimum Gasteiger partial charge on any atom is -0.391 e. The summed E-state index contributed by atoms with van der Waals surface area (Å²) in [5, 5.41) is 23.1. The topological polar surface area (TPSA) is 114 Å². The van der Waals surface area contributed by atoms with Gasteiger partial charge in [0.1, 0.15) is 11.6 Å². The van der Waals surface area contributed by atoms with Crippen LogP contribution in [0.3, 0.4) is 0 Å². The van der Waals surface area contributed by atoms with Crippen LogP contribution in [-0.2, 0) is 0 Å². The summed E-state index contributed by atoms with van der Waals surface area (Å²) >= 11 is 0. The number of nitrogens with one attached hydrogen (secondary N) is 1. The Bertz CT molecular complexity index is 423. The fourth-order valence-electron chi connectivity index (χ4n) is 1.58. The summed E-state index contributed by atoms with van der Waals surface area (Å²) in [4.78, 5) is 14.0. The fraction of sp³-hybridized carbons (Fsp3) is 0.545. The van der Waals surface area contributed by atoms with Crippen molar-refractivity contribution in [1.82, 2.24) is 4.98 Å². The van der Waals surface area contributed by atoms with E-state index in [1.807, 2.05) is 13.8 Å². The molecule has 0 saturated heterocycles. The molecular weight excluding hydrogens is 236 g/mol. The standard InChI is InChI=1S/C11H18N4O3/c1-7(2)3-9(16)6-13-11-5-8(15(17)18)4-10(12)14-11/h4-5,7,9,16H,3,6H2,1-2H3,(H3,12,13,14). The van der Waals surface area contributed by atoms with Crippen molar-refractivity contribution in [3.8, 4) is 0 Å². The van der Waals surface area contributed by atoms with Crippen molar-refractivity contribution < 1.29 is 10.0 Å². The molecule has 0 bridgehead atoms. The maximum atomic E-state index is 10.6. The van der Waals surface area contributed by atoms with Crippen LogP contribution in [0.25, 0.3) is 0 Å². The molecular formula is C11H18N4O3. The maximum Gasteiger partial charge on any atom is 0.276 e. The number of hydrogen-bond acceptors (Lipinski definition) is 6. The van der Waals surface area contributed by atoms with Gasteiger partial charge in [-0.2, -0.15) is 0 Å². The monoisotopic (exact) mass is 254 g/mol. The molecule has 1 unspecified atom stereocenters. The predicted octanol–water partition coefficient (Wildman–Crippen LogP) is 1.39. The van der Waals surface area contributed by atoms with Gasteiger partial charge in [-0.1, -0.05) is 13.8 Å². The zero-order chi connectivity index (χ0) is 13.7. The summed E-state index contributed by atoms with van der Waals surface area (Å²) in [7, 11) is 0. The van der Waals surface area contributed by atoms with Crippen molar-refractivity contribution in [2.45, 2.75) is 26.4 Å². The Morgan fingerprint density at radius 1 is 1.56 bits per heavy atom. The second-order valence-corrected chi connectivity index (χ2v) is 4.56. The lowest BCUT2D eigenvalue weighted by atomic mass is 10.1. The summed E-state index contributed by atoms with van der Waals surface area (Å²) in [5.41, 5.74) is 5.34. The summed E-state index contributed by atoms with van der Waals surface area (Å²) in [5.74, 6) is 0.750. The third kappa shape index (κ3) is 4.54. The van der Waals surface area contributed by atoms with Crippen molar-refractivity contribution in [1.29, 1.82) is 0 Å². The van der Waals surface area contributed by atoms with Gasteiger partial charge in [0, 0.05) is 6.54 Å². The van der Waals surface area contributed by atoms with E-state index in [0.717, 1.165) is 0 Å². The van der Waals surface area contributed by atoms with Crippen LogP contribution in [0, 0.1) is 16.0 Å². The van der Waals surface area contributed by atoms with E-state index in [1.54, 1.807) is 0 Å². The number of pyridine rings is 1. The van der Waals surface area contributed by atoms with E-state index in [-0.39, 0.29) is 18.1 Å². The number of nitrogen functional groups attached to an aromatic ring is 1. The van der Waals surface area contributed by atoms with E-state index in [2.05, 4.69) is 10.3 Å². The van der Waals surface area contributed by atoms with Gasteiger partial charge in [0.05, 0.1) is 23.2 Å². The van der Waals surface area contributed by atoms with Gasteiger partial charge < -0.3 is 16.2 Å². The average Bonchev–Trinajstić information content (AvgIpc) is 2.24. The first-order valence-corrected chi connectivity index (χ1v) is 5.72. The summed E-state index contributed by atoms with van der Waals surface area (Å²) in [6.45, 7) is 4.30. The molecule has 7 nitrogen and oxygen atoms in total. The molecule has 0 radical (unpaired) electrons. The van der Waals surface area contributed by atoms with Crippen LogP contribution >= 0.6 is 0 Å². The Balaban J connectivity index is 2.64. The first-order valence-electron chi connectivity index (χ1n) is 5.72. The molecule has 7 heteroatoms. The highest BCUT2D eigenvalue weighted by Crippen LogP contribution is 2.18. The SMILES string of the molecule is CC(C)CC(O)CNc1cc([N+](=O)[O-])cc(N)n1. The van der Waals surface area contributed by atoms with Gasteiger partial charge in [0.2, 0.25) is 0 Å². The molecule has 0 amide bonds. The summed E-state index contributed by atoms with van der Waals surface area (Å²) < 4.78 is 0. The zero-order valence-electron chi connectivity index (χ0n) is 10.5. The van der Waals surface area contributed by atoms with E-state index < -0.39 is 11.0 Å². The molecule has 18 heavy (non-hydrogen) atoms. The highest BCUT2D eigenvalue weighted by Gasteiger charge is 2.11. The zero-order valence-corrected chi connectivity index (χ0v) is 10.5. The Kier molecular flexibility index (Phi) is 4.85. The maximum absolute atomic E-state index is 10.6. The molecule has 1 aromatic heterocycles. The molecule has 1 heterocycles. The van der Waals surface area contributed by atoms with Crippen molar-refractivity contribution in [2.24, 2.45) is 5.92 Å². The van der Waals surface area contributed by atoms with E-state index in [1.165, 1.54) is 12.1 Å². The smallest absolute Gasteiger partial charge is 0.276 e. The third-order valence-corrected chi connectivity index (χ3v) is 2.30.